The van der Waals surface area contributed by atoms with E-state index in [1.165, 1.54) is 0 Å². The van der Waals surface area contributed by atoms with Crippen LogP contribution in [0.1, 0.15) is 18.9 Å². The molecule has 1 saturated heterocycles. The first kappa shape index (κ1) is 20.3. The Kier molecular flexibility index (Phi) is 7.94. The highest BCUT2D eigenvalue weighted by molar-refractivity contribution is 5.78. The van der Waals surface area contributed by atoms with Crippen molar-refractivity contribution in [1.82, 2.24) is 9.80 Å². The van der Waals surface area contributed by atoms with E-state index in [0.29, 0.717) is 24.6 Å². The fraction of sp³-hybridized carbons (Fsp3) is 0.550. The third-order valence-corrected chi connectivity index (χ3v) is 4.82. The van der Waals surface area contributed by atoms with Crippen molar-refractivity contribution in [3.63, 3.8) is 0 Å². The number of aliphatic hydroxyl groups is 1. The van der Waals surface area contributed by atoms with E-state index >= 15 is 0 Å². The van der Waals surface area contributed by atoms with E-state index < -0.39 is 0 Å². The Labute approximate surface area is 156 Å². The van der Waals surface area contributed by atoms with Gasteiger partial charge in [0.05, 0.1) is 13.7 Å². The third kappa shape index (κ3) is 5.22. The van der Waals surface area contributed by atoms with Gasteiger partial charge in [-0.25, -0.2) is 0 Å². The molecule has 1 N–H and O–H groups in total. The van der Waals surface area contributed by atoms with Crippen molar-refractivity contribution in [1.29, 1.82) is 0 Å². The van der Waals surface area contributed by atoms with E-state index in [4.69, 9.17) is 9.47 Å². The summed E-state index contributed by atoms with van der Waals surface area (Å²) in [5.41, 5.74) is 1.08. The lowest BCUT2D eigenvalue weighted by molar-refractivity contribution is -0.135. The zero-order chi connectivity index (χ0) is 18.9. The summed E-state index contributed by atoms with van der Waals surface area (Å²) in [6.45, 7) is 8.84. The lowest BCUT2D eigenvalue weighted by Crippen LogP contribution is -2.53. The van der Waals surface area contributed by atoms with E-state index in [2.05, 4.69) is 18.4 Å². The average molecular weight is 362 g/mol. The first-order valence-corrected chi connectivity index (χ1v) is 9.16. The van der Waals surface area contributed by atoms with Gasteiger partial charge in [0.25, 0.3) is 5.91 Å². The summed E-state index contributed by atoms with van der Waals surface area (Å²) in [5.74, 6) is 1.16. The zero-order valence-electron chi connectivity index (χ0n) is 15.8. The molecule has 0 aromatic heterocycles. The van der Waals surface area contributed by atoms with Crippen molar-refractivity contribution in [2.75, 3.05) is 46.5 Å². The van der Waals surface area contributed by atoms with Crippen LogP contribution >= 0.6 is 0 Å². The number of benzene rings is 1. The van der Waals surface area contributed by atoms with Crippen molar-refractivity contribution >= 4 is 5.91 Å². The maximum atomic E-state index is 12.4. The topological polar surface area (TPSA) is 62.2 Å². The smallest absolute Gasteiger partial charge is 0.260 e. The number of rotatable bonds is 9. The van der Waals surface area contributed by atoms with E-state index in [1.807, 2.05) is 29.2 Å². The van der Waals surface area contributed by atoms with Gasteiger partial charge < -0.3 is 19.5 Å². The molecule has 1 heterocycles. The molecule has 26 heavy (non-hydrogen) atoms. The highest BCUT2D eigenvalue weighted by Gasteiger charge is 2.25. The van der Waals surface area contributed by atoms with Crippen LogP contribution in [-0.2, 0) is 11.2 Å². The van der Waals surface area contributed by atoms with Crippen LogP contribution < -0.4 is 9.47 Å². The van der Waals surface area contributed by atoms with Crippen LogP contribution in [0.5, 0.6) is 11.5 Å². The second kappa shape index (κ2) is 10.2. The summed E-state index contributed by atoms with van der Waals surface area (Å²) < 4.78 is 11.1. The van der Waals surface area contributed by atoms with Gasteiger partial charge >= 0.3 is 0 Å². The monoisotopic (exact) mass is 362 g/mol. The molecule has 1 aliphatic rings. The summed E-state index contributed by atoms with van der Waals surface area (Å²) in [5, 5.41) is 9.41. The molecule has 0 radical (unpaired) electrons. The van der Waals surface area contributed by atoms with Gasteiger partial charge in [0.15, 0.2) is 18.1 Å². The Morgan fingerprint density at radius 3 is 2.62 bits per heavy atom. The zero-order valence-corrected chi connectivity index (χ0v) is 15.8. The molecule has 6 heteroatoms. The molecule has 1 fully saturated rings. The van der Waals surface area contributed by atoms with Crippen molar-refractivity contribution in [2.24, 2.45) is 0 Å². The Hall–Kier alpha value is -2.05. The van der Waals surface area contributed by atoms with Gasteiger partial charge in [0, 0.05) is 32.2 Å². The summed E-state index contributed by atoms with van der Waals surface area (Å²) in [4.78, 5) is 16.5. The molecule has 144 valence electrons. The van der Waals surface area contributed by atoms with Gasteiger partial charge in [-0.15, -0.1) is 6.58 Å². The van der Waals surface area contributed by atoms with Crippen LogP contribution in [0.4, 0.5) is 0 Å². The number of carbonyl (C=O) groups is 1. The molecular formula is C20H30N2O4. The van der Waals surface area contributed by atoms with Gasteiger partial charge in [0.2, 0.25) is 0 Å². The Balaban J connectivity index is 1.86. The molecular weight excluding hydrogens is 332 g/mol. The Bertz CT molecular complexity index is 593. The molecule has 0 aliphatic carbocycles. The predicted molar refractivity (Wildman–Crippen MR) is 102 cm³/mol. The van der Waals surface area contributed by atoms with Crippen molar-refractivity contribution in [3.8, 4) is 11.5 Å². The maximum Gasteiger partial charge on any atom is 0.260 e. The second-order valence-electron chi connectivity index (χ2n) is 6.43. The lowest BCUT2D eigenvalue weighted by Gasteiger charge is -2.38. The fourth-order valence-corrected chi connectivity index (χ4v) is 3.19. The minimum absolute atomic E-state index is 0.00558. The molecule has 0 saturated carbocycles. The van der Waals surface area contributed by atoms with Crippen molar-refractivity contribution in [2.45, 2.75) is 25.8 Å². The highest BCUT2D eigenvalue weighted by atomic mass is 16.5. The van der Waals surface area contributed by atoms with Gasteiger partial charge in [-0.1, -0.05) is 19.1 Å². The number of carbonyl (C=O) groups excluding carboxylic acids is 1. The average Bonchev–Trinajstić information content (AvgIpc) is 2.68. The van der Waals surface area contributed by atoms with Crippen LogP contribution in [-0.4, -0.2) is 73.4 Å². The van der Waals surface area contributed by atoms with Crippen LogP contribution in [0.2, 0.25) is 0 Å². The van der Waals surface area contributed by atoms with Crippen molar-refractivity contribution in [3.05, 3.63) is 36.4 Å². The standard InChI is InChI=1S/C20H30N2O4/c1-4-6-16-7-8-18(19(13-16)25-3)26-15-20(24)22-11-9-21(10-12-22)17(5-2)14-23/h4,7-8,13,17,23H,1,5-6,9-12,14-15H2,2-3H3/t17-/m0/s1. The van der Waals surface area contributed by atoms with Gasteiger partial charge in [-0.05, 0) is 30.5 Å². The highest BCUT2D eigenvalue weighted by Crippen LogP contribution is 2.28. The predicted octanol–water partition coefficient (Wildman–Crippen LogP) is 1.72. The largest absolute Gasteiger partial charge is 0.493 e. The Morgan fingerprint density at radius 2 is 2.04 bits per heavy atom. The molecule has 0 bridgehead atoms. The van der Waals surface area contributed by atoms with Gasteiger partial charge in [-0.3, -0.25) is 9.69 Å². The molecule has 1 aromatic rings. The van der Waals surface area contributed by atoms with Crippen LogP contribution in [0, 0.1) is 0 Å². The normalized spacial score (nSPS) is 16.2. The van der Waals surface area contributed by atoms with Crippen LogP contribution in [0.25, 0.3) is 0 Å². The summed E-state index contributed by atoms with van der Waals surface area (Å²) >= 11 is 0. The molecule has 6 nitrogen and oxygen atoms in total. The molecule has 1 aliphatic heterocycles. The fourth-order valence-electron chi connectivity index (χ4n) is 3.19. The SMILES string of the molecule is C=CCc1ccc(OCC(=O)N2CCN([C@@H](CC)CO)CC2)c(OC)c1. The Morgan fingerprint density at radius 1 is 1.31 bits per heavy atom. The number of hydrogen-bond acceptors (Lipinski definition) is 5. The van der Waals surface area contributed by atoms with E-state index in [-0.39, 0.29) is 25.2 Å². The van der Waals surface area contributed by atoms with Gasteiger partial charge in [-0.2, -0.15) is 0 Å². The first-order chi connectivity index (χ1) is 12.6. The molecule has 2 rings (SSSR count). The number of piperazine rings is 1. The number of hydrogen-bond donors (Lipinski definition) is 1. The number of nitrogens with zero attached hydrogens (tertiary/aromatic N) is 2. The minimum Gasteiger partial charge on any atom is -0.493 e. The van der Waals surface area contributed by atoms with Gasteiger partial charge in [0.1, 0.15) is 0 Å². The maximum absolute atomic E-state index is 12.4. The summed E-state index contributed by atoms with van der Waals surface area (Å²) in [7, 11) is 1.59. The van der Waals surface area contributed by atoms with E-state index in [1.54, 1.807) is 7.11 Å². The molecule has 0 spiro atoms. The lowest BCUT2D eigenvalue weighted by atomic mass is 10.1. The van der Waals surface area contributed by atoms with Crippen LogP contribution in [0.15, 0.2) is 30.9 Å². The van der Waals surface area contributed by atoms with E-state index in [0.717, 1.165) is 31.5 Å². The minimum atomic E-state index is -0.0288. The third-order valence-electron chi connectivity index (χ3n) is 4.82. The summed E-state index contributed by atoms with van der Waals surface area (Å²) in [6.07, 6.45) is 3.50. The number of methoxy groups -OCH3 is 1. The number of allylic oxidation sites excluding steroid dienone is 1. The molecule has 1 atom stereocenters. The number of ether oxygens (including phenoxy) is 2. The number of aliphatic hydroxyl groups excluding tert-OH is 1. The molecule has 1 aromatic carbocycles. The number of amides is 1. The second-order valence-corrected chi connectivity index (χ2v) is 6.43. The van der Waals surface area contributed by atoms with E-state index in [9.17, 15) is 9.90 Å². The molecule has 0 unspecified atom stereocenters. The quantitative estimate of drug-likeness (QED) is 0.678. The summed E-state index contributed by atoms with van der Waals surface area (Å²) in [6, 6.07) is 5.86. The first-order valence-electron chi connectivity index (χ1n) is 9.16. The molecule has 1 amide bonds. The van der Waals surface area contributed by atoms with Crippen molar-refractivity contribution < 1.29 is 19.4 Å². The van der Waals surface area contributed by atoms with Crippen LogP contribution in [0.3, 0.4) is 0 Å².